The van der Waals surface area contributed by atoms with Gasteiger partial charge in [-0.25, -0.2) is 0 Å². The maximum Gasteiger partial charge on any atom is 0.306 e. The van der Waals surface area contributed by atoms with Crippen LogP contribution in [0.2, 0.25) is 5.02 Å². The number of allylic oxidation sites excluding steroid dienone is 2. The van der Waals surface area contributed by atoms with Crippen LogP contribution in [0.4, 0.5) is 0 Å². The van der Waals surface area contributed by atoms with Gasteiger partial charge in [-0.15, -0.1) is 0 Å². The van der Waals surface area contributed by atoms with Gasteiger partial charge >= 0.3 is 5.97 Å². The maximum atomic E-state index is 12.2. The Morgan fingerprint density at radius 3 is 2.86 bits per heavy atom. The zero-order valence-electron chi connectivity index (χ0n) is 15.7. The molecule has 1 fully saturated rings. The molecule has 6 heteroatoms. The summed E-state index contributed by atoms with van der Waals surface area (Å²) in [6, 6.07) is 7.04. The van der Waals surface area contributed by atoms with Crippen molar-refractivity contribution in [3.63, 3.8) is 0 Å². The average molecular weight is 407 g/mol. The zero-order valence-corrected chi connectivity index (χ0v) is 16.5. The Kier molecular flexibility index (Phi) is 7.54. The predicted molar refractivity (Wildman–Crippen MR) is 107 cm³/mol. The van der Waals surface area contributed by atoms with Gasteiger partial charge < -0.3 is 19.7 Å². The highest BCUT2D eigenvalue weighted by Gasteiger charge is 2.39. The van der Waals surface area contributed by atoms with Crippen LogP contribution >= 0.6 is 11.6 Å². The van der Waals surface area contributed by atoms with E-state index in [2.05, 4.69) is 0 Å². The highest BCUT2D eigenvalue weighted by atomic mass is 35.5. The van der Waals surface area contributed by atoms with E-state index in [0.29, 0.717) is 36.5 Å². The van der Waals surface area contributed by atoms with E-state index in [1.807, 2.05) is 18.2 Å². The van der Waals surface area contributed by atoms with Gasteiger partial charge in [-0.1, -0.05) is 35.9 Å². The number of carbonyl (C=O) groups is 1. The van der Waals surface area contributed by atoms with Gasteiger partial charge in [0.05, 0.1) is 12.2 Å². The van der Waals surface area contributed by atoms with Crippen LogP contribution in [0.15, 0.2) is 48.6 Å². The first kappa shape index (κ1) is 20.9. The molecule has 28 heavy (non-hydrogen) atoms. The summed E-state index contributed by atoms with van der Waals surface area (Å²) in [5.74, 6) is 0.0834. The number of cyclic esters (lactones) is 1. The van der Waals surface area contributed by atoms with Crippen molar-refractivity contribution in [1.29, 1.82) is 0 Å². The normalized spacial score (nSPS) is 31.2. The fraction of sp³-hybridized carbons (Fsp3) is 0.500. The van der Waals surface area contributed by atoms with Crippen molar-refractivity contribution in [3.05, 3.63) is 53.6 Å². The molecule has 2 unspecified atom stereocenters. The van der Waals surface area contributed by atoms with Gasteiger partial charge in [0.15, 0.2) is 6.10 Å². The molecule has 0 bridgehead atoms. The van der Waals surface area contributed by atoms with E-state index in [9.17, 15) is 15.0 Å². The number of aliphatic hydroxyl groups is 2. The number of carbonyl (C=O) groups excluding carboxylic acids is 1. The average Bonchev–Trinajstić information content (AvgIpc) is 2.93. The van der Waals surface area contributed by atoms with E-state index in [-0.39, 0.29) is 24.4 Å². The quantitative estimate of drug-likeness (QED) is 0.591. The summed E-state index contributed by atoms with van der Waals surface area (Å²) in [4.78, 5) is 12.2. The highest BCUT2D eigenvalue weighted by molar-refractivity contribution is 6.30. The van der Waals surface area contributed by atoms with Gasteiger partial charge in [-0.05, 0) is 49.5 Å². The number of benzene rings is 1. The Labute approximate surface area is 170 Å². The molecular weight excluding hydrogens is 380 g/mol. The number of fused-ring (bicyclic) bond motifs is 1. The standard InChI is InChI=1S/C22H27ClO5/c23-15-6-5-7-16(12-15)27-14-17-10-11-19-18(20(24)13-21(19)25)8-3-1-2-4-9-22(26)28-17/h1,3,5-7,10-12,17-21,24-25H,2,4,8-9,13-14H2/t17-,18?,19?,20-,21+/m0/s1. The molecule has 2 aliphatic rings. The fourth-order valence-electron chi connectivity index (χ4n) is 3.79. The molecule has 1 saturated carbocycles. The Morgan fingerprint density at radius 1 is 1.18 bits per heavy atom. The lowest BCUT2D eigenvalue weighted by atomic mass is 9.89. The van der Waals surface area contributed by atoms with Crippen LogP contribution < -0.4 is 4.74 Å². The molecule has 152 valence electrons. The number of hydrogen-bond donors (Lipinski definition) is 2. The van der Waals surface area contributed by atoms with Crippen molar-refractivity contribution in [3.8, 4) is 5.75 Å². The van der Waals surface area contributed by atoms with Gasteiger partial charge in [-0.3, -0.25) is 4.79 Å². The molecule has 1 aliphatic heterocycles. The molecule has 1 aromatic carbocycles. The number of aliphatic hydroxyl groups excluding tert-OH is 2. The molecule has 1 heterocycles. The number of ether oxygens (including phenoxy) is 2. The second-order valence-corrected chi connectivity index (χ2v) is 7.83. The molecule has 0 aromatic heterocycles. The first-order valence-electron chi connectivity index (χ1n) is 9.80. The summed E-state index contributed by atoms with van der Waals surface area (Å²) in [7, 11) is 0. The van der Waals surface area contributed by atoms with E-state index >= 15 is 0 Å². The van der Waals surface area contributed by atoms with Crippen LogP contribution in [-0.4, -0.2) is 41.1 Å². The molecule has 0 spiro atoms. The number of rotatable bonds is 3. The van der Waals surface area contributed by atoms with E-state index in [1.54, 1.807) is 30.3 Å². The van der Waals surface area contributed by atoms with Crippen molar-refractivity contribution in [2.75, 3.05) is 6.61 Å². The van der Waals surface area contributed by atoms with Gasteiger partial charge in [0.25, 0.3) is 0 Å². The molecule has 5 atom stereocenters. The Morgan fingerprint density at radius 2 is 2.04 bits per heavy atom. The molecule has 0 amide bonds. The second kappa shape index (κ2) is 10.1. The molecular formula is C22H27ClO5. The minimum Gasteiger partial charge on any atom is -0.489 e. The van der Waals surface area contributed by atoms with Crippen molar-refractivity contribution >= 4 is 17.6 Å². The summed E-state index contributed by atoms with van der Waals surface area (Å²) in [6.45, 7) is 0.150. The van der Waals surface area contributed by atoms with E-state index in [4.69, 9.17) is 21.1 Å². The van der Waals surface area contributed by atoms with Gasteiger partial charge in [-0.2, -0.15) is 0 Å². The van der Waals surface area contributed by atoms with Crippen LogP contribution in [0, 0.1) is 11.8 Å². The van der Waals surface area contributed by atoms with E-state index < -0.39 is 18.3 Å². The first-order valence-corrected chi connectivity index (χ1v) is 10.2. The third-order valence-electron chi connectivity index (χ3n) is 5.28. The van der Waals surface area contributed by atoms with Gasteiger partial charge in [0, 0.05) is 23.8 Å². The molecule has 0 saturated heterocycles. The third kappa shape index (κ3) is 5.84. The second-order valence-electron chi connectivity index (χ2n) is 7.39. The SMILES string of the molecule is O=C1CCCC=CCC2C(C=C[C@@H](COc3cccc(Cl)c3)O1)[C@H](O)C[C@@H]2O. The van der Waals surface area contributed by atoms with Crippen LogP contribution in [0.5, 0.6) is 5.75 Å². The van der Waals surface area contributed by atoms with Crippen LogP contribution in [0.1, 0.15) is 32.1 Å². The van der Waals surface area contributed by atoms with Crippen molar-refractivity contribution in [2.24, 2.45) is 11.8 Å². The summed E-state index contributed by atoms with van der Waals surface area (Å²) >= 11 is 5.98. The Hall–Kier alpha value is -1.82. The molecule has 2 N–H and O–H groups in total. The number of esters is 1. The first-order chi connectivity index (χ1) is 13.5. The minimum absolute atomic E-state index is 0.0477. The lowest BCUT2D eigenvalue weighted by Crippen LogP contribution is -2.25. The minimum atomic E-state index is -0.611. The van der Waals surface area contributed by atoms with Gasteiger partial charge in [0.2, 0.25) is 0 Å². The molecule has 1 aromatic rings. The monoisotopic (exact) mass is 406 g/mol. The number of halogens is 1. The third-order valence-corrected chi connectivity index (χ3v) is 5.52. The number of hydrogen-bond acceptors (Lipinski definition) is 5. The van der Waals surface area contributed by atoms with E-state index in [0.717, 1.165) is 6.42 Å². The molecule has 0 radical (unpaired) electrons. The van der Waals surface area contributed by atoms with Crippen LogP contribution in [0.25, 0.3) is 0 Å². The highest BCUT2D eigenvalue weighted by Crippen LogP contribution is 2.36. The molecule has 3 rings (SSSR count). The van der Waals surface area contributed by atoms with Crippen molar-refractivity contribution < 1.29 is 24.5 Å². The van der Waals surface area contributed by atoms with Crippen LogP contribution in [0.3, 0.4) is 0 Å². The topological polar surface area (TPSA) is 76.0 Å². The summed E-state index contributed by atoms with van der Waals surface area (Å²) < 4.78 is 11.3. The molecule has 5 nitrogen and oxygen atoms in total. The van der Waals surface area contributed by atoms with Crippen molar-refractivity contribution in [2.45, 2.75) is 50.4 Å². The molecule has 1 aliphatic carbocycles. The predicted octanol–water partition coefficient (Wildman–Crippen LogP) is 3.67. The zero-order chi connectivity index (χ0) is 19.9. The summed E-state index contributed by atoms with van der Waals surface area (Å²) in [5.41, 5.74) is 0. The van der Waals surface area contributed by atoms with E-state index in [1.165, 1.54) is 0 Å². The smallest absolute Gasteiger partial charge is 0.306 e. The summed E-state index contributed by atoms with van der Waals surface area (Å²) in [6.07, 6.45) is 8.85. The summed E-state index contributed by atoms with van der Waals surface area (Å²) in [5, 5.41) is 21.2. The largest absolute Gasteiger partial charge is 0.489 e. The Balaban J connectivity index is 1.73. The van der Waals surface area contributed by atoms with Crippen molar-refractivity contribution in [1.82, 2.24) is 0 Å². The van der Waals surface area contributed by atoms with Crippen LogP contribution in [-0.2, 0) is 9.53 Å². The Bertz CT molecular complexity index is 717. The van der Waals surface area contributed by atoms with Gasteiger partial charge in [0.1, 0.15) is 12.4 Å². The maximum absolute atomic E-state index is 12.2. The lowest BCUT2D eigenvalue weighted by molar-refractivity contribution is -0.148. The fourth-order valence-corrected chi connectivity index (χ4v) is 3.97. The lowest BCUT2D eigenvalue weighted by Gasteiger charge is -2.20.